The quantitative estimate of drug-likeness (QED) is 0.853. The van der Waals surface area contributed by atoms with E-state index in [2.05, 4.69) is 44.8 Å². The van der Waals surface area contributed by atoms with Gasteiger partial charge < -0.3 is 15.5 Å². The van der Waals surface area contributed by atoms with Gasteiger partial charge in [0.25, 0.3) is 0 Å². The number of anilines is 2. The van der Waals surface area contributed by atoms with Crippen molar-refractivity contribution in [2.24, 2.45) is 0 Å². The molecule has 5 heteroatoms. The number of hydrogen-bond donors (Lipinski definition) is 2. The maximum atomic E-state index is 5.16. The Hall–Kier alpha value is -2.14. The van der Waals surface area contributed by atoms with Gasteiger partial charge in [0.1, 0.15) is 5.82 Å². The molecule has 0 radical (unpaired) electrons. The third-order valence-corrected chi connectivity index (χ3v) is 3.75. The van der Waals surface area contributed by atoms with E-state index in [-0.39, 0.29) is 0 Å². The Kier molecular flexibility index (Phi) is 4.01. The van der Waals surface area contributed by atoms with Gasteiger partial charge in [-0.05, 0) is 42.4 Å². The lowest BCUT2D eigenvalue weighted by Crippen LogP contribution is -2.28. The molecule has 1 aromatic heterocycles. The van der Waals surface area contributed by atoms with Crippen molar-refractivity contribution in [3.8, 4) is 0 Å². The molecule has 3 rings (SSSR count). The normalized spacial score (nSPS) is 12.9. The van der Waals surface area contributed by atoms with Crippen molar-refractivity contribution in [2.75, 3.05) is 16.8 Å². The molecule has 1 aliphatic heterocycles. The molecule has 0 saturated carbocycles. The highest BCUT2D eigenvalue weighted by atomic mass is 32.1. The van der Waals surface area contributed by atoms with Crippen molar-refractivity contribution in [2.45, 2.75) is 20.0 Å². The second-order valence-corrected chi connectivity index (χ2v) is 5.42. The molecule has 0 spiro atoms. The molecule has 0 unspecified atom stereocenters. The Balaban J connectivity index is 1.67. The monoisotopic (exact) mass is 298 g/mol. The molecule has 2 heterocycles. The van der Waals surface area contributed by atoms with Crippen molar-refractivity contribution in [1.29, 1.82) is 0 Å². The predicted molar refractivity (Wildman–Crippen MR) is 90.5 cm³/mol. The predicted octanol–water partition coefficient (Wildman–Crippen LogP) is 2.91. The summed E-state index contributed by atoms with van der Waals surface area (Å²) >= 11 is 5.16. The van der Waals surface area contributed by atoms with Crippen molar-refractivity contribution >= 4 is 28.8 Å². The molecule has 21 heavy (non-hydrogen) atoms. The number of aromatic nitrogens is 1. The zero-order valence-corrected chi connectivity index (χ0v) is 12.8. The average Bonchev–Trinajstić information content (AvgIpc) is 2.92. The fourth-order valence-corrected chi connectivity index (χ4v) is 2.74. The van der Waals surface area contributed by atoms with Gasteiger partial charge in [0.15, 0.2) is 5.11 Å². The summed E-state index contributed by atoms with van der Waals surface area (Å²) in [6.07, 6.45) is 1.82. The Morgan fingerprint density at radius 1 is 1.19 bits per heavy atom. The summed E-state index contributed by atoms with van der Waals surface area (Å²) in [5.41, 5.74) is 3.67. The summed E-state index contributed by atoms with van der Waals surface area (Å²) in [7, 11) is 0. The van der Waals surface area contributed by atoms with E-state index < -0.39 is 0 Å². The lowest BCUT2D eigenvalue weighted by atomic mass is 10.1. The van der Waals surface area contributed by atoms with Gasteiger partial charge in [-0.15, -0.1) is 0 Å². The Morgan fingerprint density at radius 3 is 2.48 bits per heavy atom. The number of hydrogen-bond acceptors (Lipinski definition) is 3. The number of nitrogens with zero attached hydrogens (tertiary/aromatic N) is 2. The van der Waals surface area contributed by atoms with E-state index in [1.807, 2.05) is 25.3 Å². The third kappa shape index (κ3) is 3.13. The minimum absolute atomic E-state index is 0.626. The minimum Gasteiger partial charge on any atom is -0.363 e. The first-order valence-corrected chi connectivity index (χ1v) is 7.49. The van der Waals surface area contributed by atoms with E-state index in [1.54, 1.807) is 0 Å². The molecule has 2 N–H and O–H groups in total. The van der Waals surface area contributed by atoms with Crippen LogP contribution in [0.5, 0.6) is 0 Å². The molecule has 0 saturated heterocycles. The smallest absolute Gasteiger partial charge is 0.170 e. The zero-order valence-electron chi connectivity index (χ0n) is 12.0. The van der Waals surface area contributed by atoms with Gasteiger partial charge >= 0.3 is 0 Å². The van der Waals surface area contributed by atoms with Crippen LogP contribution >= 0.6 is 12.2 Å². The van der Waals surface area contributed by atoms with E-state index in [9.17, 15) is 0 Å². The molecule has 4 nitrogen and oxygen atoms in total. The highest BCUT2D eigenvalue weighted by Crippen LogP contribution is 2.27. The summed E-state index contributed by atoms with van der Waals surface area (Å²) in [6, 6.07) is 12.6. The molecule has 1 aliphatic rings. The van der Waals surface area contributed by atoms with Gasteiger partial charge in [0.05, 0.1) is 11.9 Å². The summed E-state index contributed by atoms with van der Waals surface area (Å²) in [4.78, 5) is 6.81. The number of fused-ring (bicyclic) bond motifs is 1. The largest absolute Gasteiger partial charge is 0.363 e. The summed E-state index contributed by atoms with van der Waals surface area (Å²) in [5, 5.41) is 6.80. The maximum Gasteiger partial charge on any atom is 0.170 e. The van der Waals surface area contributed by atoms with E-state index in [4.69, 9.17) is 12.2 Å². The number of pyridine rings is 1. The molecule has 0 amide bonds. The number of rotatable bonds is 3. The first-order valence-electron chi connectivity index (χ1n) is 7.09. The van der Waals surface area contributed by atoms with Crippen LogP contribution in [0.15, 0.2) is 42.6 Å². The SMILES string of the molecule is CCNC(=S)Nc1ccc(N2Cc3ccccc3C2)nc1. The van der Waals surface area contributed by atoms with Crippen LogP contribution < -0.4 is 15.5 Å². The van der Waals surface area contributed by atoms with Crippen molar-refractivity contribution in [1.82, 2.24) is 10.3 Å². The second kappa shape index (κ2) is 6.10. The Bertz CT molecular complexity index is 614. The first kappa shape index (κ1) is 13.8. The zero-order chi connectivity index (χ0) is 14.7. The van der Waals surface area contributed by atoms with E-state index in [0.717, 1.165) is 31.1 Å². The van der Waals surface area contributed by atoms with Crippen LogP contribution in [0, 0.1) is 0 Å². The van der Waals surface area contributed by atoms with Gasteiger partial charge in [0, 0.05) is 19.6 Å². The van der Waals surface area contributed by atoms with Gasteiger partial charge in [-0.1, -0.05) is 24.3 Å². The molecular weight excluding hydrogens is 280 g/mol. The van der Waals surface area contributed by atoms with E-state index >= 15 is 0 Å². The topological polar surface area (TPSA) is 40.2 Å². The van der Waals surface area contributed by atoms with Crippen molar-refractivity contribution in [3.63, 3.8) is 0 Å². The van der Waals surface area contributed by atoms with Crippen LogP contribution in [0.2, 0.25) is 0 Å². The average molecular weight is 298 g/mol. The summed E-state index contributed by atoms with van der Waals surface area (Å²) < 4.78 is 0. The molecule has 0 fully saturated rings. The van der Waals surface area contributed by atoms with Crippen molar-refractivity contribution in [3.05, 3.63) is 53.7 Å². The Labute approximate surface area is 130 Å². The fraction of sp³-hybridized carbons (Fsp3) is 0.250. The van der Waals surface area contributed by atoms with Crippen LogP contribution in [-0.4, -0.2) is 16.6 Å². The van der Waals surface area contributed by atoms with Gasteiger partial charge in [-0.2, -0.15) is 0 Å². The highest BCUT2D eigenvalue weighted by Gasteiger charge is 2.19. The molecule has 1 aromatic carbocycles. The summed E-state index contributed by atoms with van der Waals surface area (Å²) in [6.45, 7) is 4.67. The van der Waals surface area contributed by atoms with Gasteiger partial charge in [0.2, 0.25) is 0 Å². The van der Waals surface area contributed by atoms with Crippen LogP contribution in [0.25, 0.3) is 0 Å². The van der Waals surface area contributed by atoms with Gasteiger partial charge in [-0.3, -0.25) is 0 Å². The second-order valence-electron chi connectivity index (χ2n) is 5.01. The Morgan fingerprint density at radius 2 is 1.90 bits per heavy atom. The van der Waals surface area contributed by atoms with E-state index in [1.165, 1.54) is 11.1 Å². The van der Waals surface area contributed by atoms with Crippen LogP contribution in [0.4, 0.5) is 11.5 Å². The molecule has 108 valence electrons. The highest BCUT2D eigenvalue weighted by molar-refractivity contribution is 7.80. The lowest BCUT2D eigenvalue weighted by molar-refractivity contribution is 0.857. The number of nitrogens with one attached hydrogen (secondary N) is 2. The lowest BCUT2D eigenvalue weighted by Gasteiger charge is -2.17. The van der Waals surface area contributed by atoms with Crippen LogP contribution in [0.3, 0.4) is 0 Å². The first-order chi connectivity index (χ1) is 10.3. The molecule has 0 bridgehead atoms. The standard InChI is InChI=1S/C16H18N4S/c1-2-17-16(21)19-14-7-8-15(18-9-14)20-10-12-5-3-4-6-13(12)11-20/h3-9H,2,10-11H2,1H3,(H2,17,19,21). The molecular formula is C16H18N4S. The maximum absolute atomic E-state index is 5.16. The van der Waals surface area contributed by atoms with Gasteiger partial charge in [-0.25, -0.2) is 4.98 Å². The third-order valence-electron chi connectivity index (χ3n) is 3.51. The van der Waals surface area contributed by atoms with Crippen molar-refractivity contribution < 1.29 is 0 Å². The molecule has 2 aromatic rings. The van der Waals surface area contributed by atoms with Crippen LogP contribution in [0.1, 0.15) is 18.1 Å². The van der Waals surface area contributed by atoms with E-state index in [0.29, 0.717) is 5.11 Å². The number of thiocarbonyl (C=S) groups is 1. The molecule has 0 atom stereocenters. The fourth-order valence-electron chi connectivity index (χ4n) is 2.48. The summed E-state index contributed by atoms with van der Waals surface area (Å²) in [5.74, 6) is 0.992. The minimum atomic E-state index is 0.626. The van der Waals surface area contributed by atoms with Crippen LogP contribution in [-0.2, 0) is 13.1 Å². The number of benzene rings is 1. The molecule has 0 aliphatic carbocycles.